The summed E-state index contributed by atoms with van der Waals surface area (Å²) >= 11 is 0. The normalized spacial score (nSPS) is 11.0. The smallest absolute Gasteiger partial charge is 0.356 e. The average molecular weight is 321 g/mol. The Hall–Kier alpha value is -3.68. The SMILES string of the molecule is O=C(O)c1cc2ccc(-n3cc(-c4ccccn4)nn3)cc2n1O. The summed E-state index contributed by atoms with van der Waals surface area (Å²) in [5, 5.41) is 27.8. The highest BCUT2D eigenvalue weighted by Gasteiger charge is 2.15. The van der Waals surface area contributed by atoms with Crippen LogP contribution in [0.25, 0.3) is 28.0 Å². The van der Waals surface area contributed by atoms with E-state index in [1.807, 2.05) is 18.2 Å². The van der Waals surface area contributed by atoms with Crippen molar-refractivity contribution in [1.29, 1.82) is 0 Å². The van der Waals surface area contributed by atoms with Crippen molar-refractivity contribution < 1.29 is 15.1 Å². The number of nitrogens with zero attached hydrogens (tertiary/aromatic N) is 5. The number of aromatic carboxylic acids is 1. The highest BCUT2D eigenvalue weighted by molar-refractivity contribution is 5.94. The van der Waals surface area contributed by atoms with E-state index in [0.29, 0.717) is 32.7 Å². The van der Waals surface area contributed by atoms with Gasteiger partial charge in [0.2, 0.25) is 0 Å². The van der Waals surface area contributed by atoms with Crippen molar-refractivity contribution in [3.63, 3.8) is 0 Å². The van der Waals surface area contributed by atoms with Gasteiger partial charge in [0.15, 0.2) is 5.69 Å². The van der Waals surface area contributed by atoms with Crippen LogP contribution >= 0.6 is 0 Å². The molecular weight excluding hydrogens is 310 g/mol. The van der Waals surface area contributed by atoms with Gasteiger partial charge >= 0.3 is 5.97 Å². The molecule has 4 aromatic rings. The van der Waals surface area contributed by atoms with Crippen LogP contribution in [0.15, 0.2) is 54.9 Å². The van der Waals surface area contributed by atoms with Crippen molar-refractivity contribution in [2.75, 3.05) is 0 Å². The van der Waals surface area contributed by atoms with Crippen molar-refractivity contribution in [3.05, 3.63) is 60.6 Å². The number of aromatic nitrogens is 5. The van der Waals surface area contributed by atoms with E-state index in [2.05, 4.69) is 15.3 Å². The molecule has 0 saturated carbocycles. The molecule has 3 heterocycles. The molecule has 0 atom stereocenters. The van der Waals surface area contributed by atoms with Crippen LogP contribution in [-0.4, -0.2) is 41.0 Å². The van der Waals surface area contributed by atoms with Crippen LogP contribution in [0.5, 0.6) is 0 Å². The second kappa shape index (κ2) is 5.20. The molecular formula is C16H11N5O3. The fourth-order valence-corrected chi connectivity index (χ4v) is 2.49. The van der Waals surface area contributed by atoms with Gasteiger partial charge < -0.3 is 10.3 Å². The van der Waals surface area contributed by atoms with Crippen molar-refractivity contribution in [3.8, 4) is 17.1 Å². The fourth-order valence-electron chi connectivity index (χ4n) is 2.49. The number of carboxylic acid groups (broad SMARTS) is 1. The van der Waals surface area contributed by atoms with Crippen molar-refractivity contribution in [2.45, 2.75) is 0 Å². The molecule has 8 heteroatoms. The minimum Gasteiger partial charge on any atom is -0.476 e. The van der Waals surface area contributed by atoms with E-state index in [0.717, 1.165) is 0 Å². The third kappa shape index (κ3) is 2.17. The topological polar surface area (TPSA) is 106 Å². The number of carbonyl (C=O) groups is 1. The number of hydrogen-bond acceptors (Lipinski definition) is 5. The average Bonchev–Trinajstić information content (AvgIpc) is 3.21. The molecule has 0 radical (unpaired) electrons. The molecule has 0 aliphatic carbocycles. The molecule has 1 aromatic carbocycles. The third-order valence-corrected chi connectivity index (χ3v) is 3.67. The van der Waals surface area contributed by atoms with E-state index in [9.17, 15) is 10.0 Å². The van der Waals surface area contributed by atoms with Crippen LogP contribution < -0.4 is 0 Å². The summed E-state index contributed by atoms with van der Waals surface area (Å²) in [7, 11) is 0. The Kier molecular flexibility index (Phi) is 3.02. The molecule has 118 valence electrons. The maximum atomic E-state index is 11.1. The van der Waals surface area contributed by atoms with Gasteiger partial charge in [-0.1, -0.05) is 17.3 Å². The Morgan fingerprint density at radius 1 is 1.08 bits per heavy atom. The lowest BCUT2D eigenvalue weighted by atomic mass is 10.2. The van der Waals surface area contributed by atoms with Gasteiger partial charge in [0.05, 0.1) is 23.1 Å². The first kappa shape index (κ1) is 13.9. The maximum absolute atomic E-state index is 11.1. The molecule has 24 heavy (non-hydrogen) atoms. The van der Waals surface area contributed by atoms with Gasteiger partial charge in [0.25, 0.3) is 0 Å². The quantitative estimate of drug-likeness (QED) is 0.560. The van der Waals surface area contributed by atoms with Gasteiger partial charge in [-0.2, -0.15) is 4.73 Å². The lowest BCUT2D eigenvalue weighted by molar-refractivity contribution is 0.0649. The van der Waals surface area contributed by atoms with Crippen LogP contribution in [-0.2, 0) is 0 Å². The van der Waals surface area contributed by atoms with Gasteiger partial charge in [-0.05, 0) is 30.3 Å². The number of hydrogen-bond donors (Lipinski definition) is 2. The summed E-state index contributed by atoms with van der Waals surface area (Å²) in [4.78, 5) is 15.3. The Balaban J connectivity index is 1.78. The molecule has 0 amide bonds. The van der Waals surface area contributed by atoms with Gasteiger partial charge in [0, 0.05) is 11.6 Å². The highest BCUT2D eigenvalue weighted by atomic mass is 16.5. The molecule has 0 bridgehead atoms. The summed E-state index contributed by atoms with van der Waals surface area (Å²) < 4.78 is 2.19. The summed E-state index contributed by atoms with van der Waals surface area (Å²) in [6, 6.07) is 12.0. The Labute approximate surface area is 135 Å². The monoisotopic (exact) mass is 321 g/mol. The zero-order valence-corrected chi connectivity index (χ0v) is 12.2. The first-order chi connectivity index (χ1) is 11.6. The molecule has 8 nitrogen and oxygen atoms in total. The summed E-state index contributed by atoms with van der Waals surface area (Å²) in [6.07, 6.45) is 3.39. The minimum atomic E-state index is -1.20. The Morgan fingerprint density at radius 3 is 2.71 bits per heavy atom. The highest BCUT2D eigenvalue weighted by Crippen LogP contribution is 2.22. The fraction of sp³-hybridized carbons (Fsp3) is 0. The van der Waals surface area contributed by atoms with Gasteiger partial charge in [-0.15, -0.1) is 5.10 Å². The molecule has 0 spiro atoms. The summed E-state index contributed by atoms with van der Waals surface area (Å²) in [5.41, 5.74) is 2.13. The lowest BCUT2D eigenvalue weighted by Gasteiger charge is -2.02. The predicted molar refractivity (Wildman–Crippen MR) is 84.2 cm³/mol. The zero-order chi connectivity index (χ0) is 16.7. The number of rotatable bonds is 3. The molecule has 0 fully saturated rings. The number of pyridine rings is 1. The standard InChI is InChI=1S/C16H11N5O3/c22-16(23)15-7-10-4-5-11(8-14(10)21(15)24)20-9-13(18-19-20)12-3-1-2-6-17-12/h1-9,24H,(H,22,23). The van der Waals surface area contributed by atoms with Crippen molar-refractivity contribution in [2.24, 2.45) is 0 Å². The lowest BCUT2D eigenvalue weighted by Crippen LogP contribution is -2.04. The molecule has 4 rings (SSSR count). The van der Waals surface area contributed by atoms with Crippen LogP contribution in [0.3, 0.4) is 0 Å². The van der Waals surface area contributed by atoms with E-state index in [1.165, 1.54) is 10.7 Å². The van der Waals surface area contributed by atoms with Crippen LogP contribution in [0.1, 0.15) is 10.5 Å². The first-order valence-corrected chi connectivity index (χ1v) is 7.05. The van der Waals surface area contributed by atoms with Gasteiger partial charge in [-0.25, -0.2) is 9.48 Å². The third-order valence-electron chi connectivity index (χ3n) is 3.67. The van der Waals surface area contributed by atoms with Crippen LogP contribution in [0.4, 0.5) is 0 Å². The van der Waals surface area contributed by atoms with E-state index < -0.39 is 5.97 Å². The zero-order valence-electron chi connectivity index (χ0n) is 12.2. The molecule has 0 saturated heterocycles. The number of benzene rings is 1. The molecule has 0 aliphatic heterocycles. The molecule has 0 aliphatic rings. The van der Waals surface area contributed by atoms with E-state index in [-0.39, 0.29) is 5.69 Å². The van der Waals surface area contributed by atoms with Crippen LogP contribution in [0, 0.1) is 0 Å². The number of fused-ring (bicyclic) bond motifs is 1. The van der Waals surface area contributed by atoms with Gasteiger partial charge in [0.1, 0.15) is 5.69 Å². The summed E-state index contributed by atoms with van der Waals surface area (Å²) in [6.45, 7) is 0. The predicted octanol–water partition coefficient (Wildman–Crippen LogP) is 2.22. The number of carboxylic acids is 1. The Bertz CT molecular complexity index is 1050. The largest absolute Gasteiger partial charge is 0.476 e. The van der Waals surface area contributed by atoms with E-state index >= 15 is 0 Å². The second-order valence-corrected chi connectivity index (χ2v) is 5.15. The van der Waals surface area contributed by atoms with Crippen LogP contribution in [0.2, 0.25) is 0 Å². The Morgan fingerprint density at radius 2 is 1.96 bits per heavy atom. The first-order valence-electron chi connectivity index (χ1n) is 7.05. The molecule has 3 aromatic heterocycles. The maximum Gasteiger partial charge on any atom is 0.356 e. The van der Waals surface area contributed by atoms with E-state index in [1.54, 1.807) is 30.6 Å². The summed E-state index contributed by atoms with van der Waals surface area (Å²) in [5.74, 6) is -1.20. The van der Waals surface area contributed by atoms with Gasteiger partial charge in [-0.3, -0.25) is 4.98 Å². The molecule has 0 unspecified atom stereocenters. The van der Waals surface area contributed by atoms with Crippen molar-refractivity contribution >= 4 is 16.9 Å². The van der Waals surface area contributed by atoms with Crippen molar-refractivity contribution in [1.82, 2.24) is 24.7 Å². The van der Waals surface area contributed by atoms with E-state index in [4.69, 9.17) is 5.11 Å². The molecule has 2 N–H and O–H groups in total. The minimum absolute atomic E-state index is 0.199. The second-order valence-electron chi connectivity index (χ2n) is 5.15.